The predicted octanol–water partition coefficient (Wildman–Crippen LogP) is 7.96. The monoisotopic (exact) mass is 404 g/mol. The molecule has 0 spiro atoms. The molecule has 0 aliphatic heterocycles. The smallest absolute Gasteiger partial charge is 0.0792 e. The molecule has 29 heavy (non-hydrogen) atoms. The van der Waals surface area contributed by atoms with Gasteiger partial charge in [0.05, 0.1) is 9.75 Å². The van der Waals surface area contributed by atoms with Gasteiger partial charge in [0.25, 0.3) is 0 Å². The van der Waals surface area contributed by atoms with Crippen LogP contribution in [0.2, 0.25) is 0 Å². The van der Waals surface area contributed by atoms with Crippen LogP contribution < -0.4 is 0 Å². The molecule has 0 fully saturated rings. The largest absolute Gasteiger partial charge is 0.118 e. The van der Waals surface area contributed by atoms with Crippen LogP contribution >= 0.6 is 11.3 Å². The summed E-state index contributed by atoms with van der Waals surface area (Å²) in [5, 5.41) is 0. The van der Waals surface area contributed by atoms with Gasteiger partial charge in [-0.2, -0.15) is 0 Å². The van der Waals surface area contributed by atoms with Gasteiger partial charge in [-0.3, -0.25) is 0 Å². The van der Waals surface area contributed by atoms with E-state index < -0.39 is 0 Å². The lowest BCUT2D eigenvalue weighted by molar-refractivity contribution is 0.614. The number of rotatable bonds is 12. The van der Waals surface area contributed by atoms with E-state index in [1.807, 2.05) is 12.1 Å². The maximum Gasteiger partial charge on any atom is 0.0792 e. The molecule has 1 heteroatoms. The fourth-order valence-corrected chi connectivity index (χ4v) is 3.57. The molecule has 0 radical (unpaired) electrons. The number of hydrogen-bond donors (Lipinski definition) is 0. The molecule has 0 atom stereocenters. The molecular formula is C28H36S. The van der Waals surface area contributed by atoms with Crippen molar-refractivity contribution in [2.75, 3.05) is 0 Å². The molecule has 0 unspecified atom stereocenters. The lowest BCUT2D eigenvalue weighted by Gasteiger charge is -1.96. The average molecular weight is 405 g/mol. The zero-order valence-corrected chi connectivity index (χ0v) is 19.3. The van der Waals surface area contributed by atoms with Crippen LogP contribution in [-0.2, 0) is 0 Å². The molecule has 0 nitrogen and oxygen atoms in total. The van der Waals surface area contributed by atoms with Crippen molar-refractivity contribution in [2.24, 2.45) is 0 Å². The molecule has 0 N–H and O–H groups in total. The van der Waals surface area contributed by atoms with Crippen molar-refractivity contribution in [2.45, 2.75) is 104 Å². The summed E-state index contributed by atoms with van der Waals surface area (Å²) >= 11 is 1.61. The van der Waals surface area contributed by atoms with Gasteiger partial charge in [0, 0.05) is 12.8 Å². The van der Waals surface area contributed by atoms with E-state index in [0.29, 0.717) is 0 Å². The molecular weight excluding hydrogens is 368 g/mol. The topological polar surface area (TPSA) is 0 Å². The minimum Gasteiger partial charge on any atom is -0.118 e. The van der Waals surface area contributed by atoms with E-state index in [4.69, 9.17) is 0 Å². The van der Waals surface area contributed by atoms with Gasteiger partial charge in [0.15, 0.2) is 0 Å². The zero-order valence-electron chi connectivity index (χ0n) is 18.5. The summed E-state index contributed by atoms with van der Waals surface area (Å²) < 4.78 is 0. The van der Waals surface area contributed by atoms with E-state index >= 15 is 0 Å². The quantitative estimate of drug-likeness (QED) is 0.245. The first-order valence-electron chi connectivity index (χ1n) is 11.4. The SMILES string of the molecule is CCCCCCCCC#CC#Cc1ccc(C#CC#CCCCCCCCC)s1. The second-order valence-electron chi connectivity index (χ2n) is 7.30. The maximum atomic E-state index is 3.16. The minimum absolute atomic E-state index is 0.958. The van der Waals surface area contributed by atoms with Crippen LogP contribution in [0.1, 0.15) is 113 Å². The molecule has 1 rings (SSSR count). The third-order valence-electron chi connectivity index (χ3n) is 4.59. The van der Waals surface area contributed by atoms with Crippen LogP contribution in [0.25, 0.3) is 0 Å². The molecule has 0 aliphatic carbocycles. The maximum absolute atomic E-state index is 3.16. The second-order valence-corrected chi connectivity index (χ2v) is 8.39. The van der Waals surface area contributed by atoms with Crippen molar-refractivity contribution < 1.29 is 0 Å². The molecule has 1 heterocycles. The van der Waals surface area contributed by atoms with E-state index in [2.05, 4.69) is 61.2 Å². The Bertz CT molecular complexity index is 714. The Morgan fingerprint density at radius 3 is 1.41 bits per heavy atom. The van der Waals surface area contributed by atoms with E-state index in [9.17, 15) is 0 Å². The van der Waals surface area contributed by atoms with Gasteiger partial charge < -0.3 is 0 Å². The molecule has 0 saturated heterocycles. The summed E-state index contributed by atoms with van der Waals surface area (Å²) in [6, 6.07) is 4.03. The normalized spacial score (nSPS) is 9.17. The Morgan fingerprint density at radius 2 is 0.966 bits per heavy atom. The Labute approximate surface area is 184 Å². The third-order valence-corrected chi connectivity index (χ3v) is 5.51. The third kappa shape index (κ3) is 15.5. The standard InChI is InChI=1S/C28H36S/c1-3-5-7-9-11-13-15-17-19-21-23-27-25-26-28(29-27)24-22-20-18-16-14-12-10-8-6-4-2/h25-26H,3-16H2,1-2H3. The van der Waals surface area contributed by atoms with Crippen LogP contribution in [-0.4, -0.2) is 0 Å². The van der Waals surface area contributed by atoms with Crippen LogP contribution in [0.4, 0.5) is 0 Å². The highest BCUT2D eigenvalue weighted by Crippen LogP contribution is 2.13. The fourth-order valence-electron chi connectivity index (χ4n) is 2.86. The average Bonchev–Trinajstić information content (AvgIpc) is 3.18. The Kier molecular flexibility index (Phi) is 16.6. The lowest BCUT2D eigenvalue weighted by atomic mass is 10.1. The Morgan fingerprint density at radius 1 is 0.552 bits per heavy atom. The van der Waals surface area contributed by atoms with Gasteiger partial charge in [-0.25, -0.2) is 0 Å². The van der Waals surface area contributed by atoms with Crippen LogP contribution in [0.15, 0.2) is 12.1 Å². The summed E-state index contributed by atoms with van der Waals surface area (Å²) in [5.41, 5.74) is 0. The number of thiophene rings is 1. The molecule has 0 saturated carbocycles. The highest BCUT2D eigenvalue weighted by atomic mass is 32.1. The van der Waals surface area contributed by atoms with Crippen LogP contribution in [0, 0.1) is 47.4 Å². The van der Waals surface area contributed by atoms with E-state index in [1.165, 1.54) is 77.0 Å². The summed E-state index contributed by atoms with van der Waals surface area (Å²) in [6.07, 6.45) is 17.6. The lowest BCUT2D eigenvalue weighted by Crippen LogP contribution is -1.77. The number of unbranched alkanes of at least 4 members (excludes halogenated alkanes) is 12. The summed E-state index contributed by atoms with van der Waals surface area (Å²) in [4.78, 5) is 2.03. The number of hydrogen-bond acceptors (Lipinski definition) is 1. The van der Waals surface area contributed by atoms with Crippen molar-refractivity contribution in [1.82, 2.24) is 0 Å². The molecule has 1 aromatic rings. The van der Waals surface area contributed by atoms with Crippen molar-refractivity contribution in [3.63, 3.8) is 0 Å². The highest BCUT2D eigenvalue weighted by Gasteiger charge is 1.93. The predicted molar refractivity (Wildman–Crippen MR) is 130 cm³/mol. The first kappa shape index (κ1) is 25.0. The summed E-state index contributed by atoms with van der Waals surface area (Å²) in [7, 11) is 0. The van der Waals surface area contributed by atoms with Crippen molar-refractivity contribution in [3.05, 3.63) is 21.9 Å². The van der Waals surface area contributed by atoms with Gasteiger partial charge in [-0.1, -0.05) is 89.9 Å². The molecule has 1 aromatic heterocycles. The Hall–Kier alpha value is -2.06. The molecule has 0 aliphatic rings. The van der Waals surface area contributed by atoms with E-state index in [0.717, 1.165) is 22.6 Å². The molecule has 154 valence electrons. The van der Waals surface area contributed by atoms with Gasteiger partial charge in [-0.05, 0) is 60.5 Å². The molecule has 0 aromatic carbocycles. The van der Waals surface area contributed by atoms with E-state index in [-0.39, 0.29) is 0 Å². The Balaban J connectivity index is 2.22. The first-order valence-corrected chi connectivity index (χ1v) is 12.3. The van der Waals surface area contributed by atoms with Gasteiger partial charge >= 0.3 is 0 Å². The summed E-state index contributed by atoms with van der Waals surface area (Å²) in [5.74, 6) is 24.4. The van der Waals surface area contributed by atoms with Crippen molar-refractivity contribution in [1.29, 1.82) is 0 Å². The molecule has 0 amide bonds. The van der Waals surface area contributed by atoms with Gasteiger partial charge in [0.2, 0.25) is 0 Å². The van der Waals surface area contributed by atoms with Crippen LogP contribution in [0.5, 0.6) is 0 Å². The zero-order chi connectivity index (χ0) is 20.8. The van der Waals surface area contributed by atoms with Crippen LogP contribution in [0.3, 0.4) is 0 Å². The van der Waals surface area contributed by atoms with E-state index in [1.54, 1.807) is 11.3 Å². The summed E-state index contributed by atoms with van der Waals surface area (Å²) in [6.45, 7) is 4.50. The van der Waals surface area contributed by atoms with Crippen molar-refractivity contribution >= 4 is 11.3 Å². The van der Waals surface area contributed by atoms with Gasteiger partial charge in [0.1, 0.15) is 0 Å². The fraction of sp³-hybridized carbons (Fsp3) is 0.571. The molecule has 0 bridgehead atoms. The first-order chi connectivity index (χ1) is 14.4. The minimum atomic E-state index is 0.958. The highest BCUT2D eigenvalue weighted by molar-refractivity contribution is 7.13. The second kappa shape index (κ2) is 19.3. The van der Waals surface area contributed by atoms with Crippen molar-refractivity contribution in [3.8, 4) is 47.4 Å². The van der Waals surface area contributed by atoms with Gasteiger partial charge in [-0.15, -0.1) is 11.3 Å².